The second-order valence-electron chi connectivity index (χ2n) is 4.75. The molecule has 0 saturated carbocycles. The van der Waals surface area contributed by atoms with Crippen LogP contribution in [-0.4, -0.2) is 38.4 Å². The van der Waals surface area contributed by atoms with Crippen LogP contribution < -0.4 is 15.8 Å². The van der Waals surface area contributed by atoms with Crippen LogP contribution in [0.1, 0.15) is 13.8 Å². The zero-order valence-corrected chi connectivity index (χ0v) is 13.8. The number of carbonyl (C=O) groups is 1. The number of carbonyl (C=O) groups excluding carboxylic acids is 1. The third-order valence-electron chi connectivity index (χ3n) is 2.43. The summed E-state index contributed by atoms with van der Waals surface area (Å²) in [7, 11) is -3.47. The lowest BCUT2D eigenvalue weighted by Gasteiger charge is -2.10. The van der Waals surface area contributed by atoms with Crippen LogP contribution in [0.3, 0.4) is 0 Å². The van der Waals surface area contributed by atoms with E-state index in [-0.39, 0.29) is 24.2 Å². The molecule has 0 bridgehead atoms. The van der Waals surface area contributed by atoms with Crippen molar-refractivity contribution in [1.82, 2.24) is 10.0 Å². The van der Waals surface area contributed by atoms with Gasteiger partial charge in [-0.25, -0.2) is 13.1 Å². The quantitative estimate of drug-likeness (QED) is 0.483. The lowest BCUT2D eigenvalue weighted by atomic mass is 10.3. The van der Waals surface area contributed by atoms with Crippen molar-refractivity contribution in [3.8, 4) is 0 Å². The average molecular weight is 331 g/mol. The minimum atomic E-state index is -3.47. The fourth-order valence-electron chi connectivity index (χ4n) is 1.49. The third-order valence-corrected chi connectivity index (χ3v) is 5.11. The molecule has 0 radical (unpaired) electrons. The molecule has 4 N–H and O–H groups in total. The number of nitrogens with one attached hydrogen (secondary N) is 2. The minimum absolute atomic E-state index is 0.0152. The van der Waals surface area contributed by atoms with Gasteiger partial charge in [0.2, 0.25) is 15.9 Å². The number of nitrogen functional groups attached to an aromatic ring is 1. The Bertz CT molecular complexity index is 574. The predicted molar refractivity (Wildman–Crippen MR) is 86.6 cm³/mol. The molecule has 0 heterocycles. The largest absolute Gasteiger partial charge is 0.398 e. The summed E-state index contributed by atoms with van der Waals surface area (Å²) in [5.41, 5.74) is 6.41. The molecular formula is C13H21N3O3S2. The summed E-state index contributed by atoms with van der Waals surface area (Å²) < 4.78 is 25.8. The van der Waals surface area contributed by atoms with Gasteiger partial charge in [0.05, 0.1) is 12.3 Å². The van der Waals surface area contributed by atoms with Gasteiger partial charge in [-0.3, -0.25) is 4.79 Å². The number of anilines is 1. The van der Waals surface area contributed by atoms with E-state index in [1.165, 1.54) is 11.8 Å². The predicted octanol–water partition coefficient (Wildman–Crippen LogP) is 0.805. The Labute approximate surface area is 129 Å². The van der Waals surface area contributed by atoms with Crippen LogP contribution in [0.5, 0.6) is 0 Å². The first kappa shape index (κ1) is 17.8. The Morgan fingerprint density at radius 1 is 1.33 bits per heavy atom. The highest BCUT2D eigenvalue weighted by Gasteiger charge is 2.13. The molecule has 0 fully saturated rings. The summed E-state index contributed by atoms with van der Waals surface area (Å²) in [6.07, 6.45) is 0. The Kier molecular flexibility index (Phi) is 7.00. The topological polar surface area (TPSA) is 101 Å². The lowest BCUT2D eigenvalue weighted by Crippen LogP contribution is -2.40. The Balaban J connectivity index is 2.36. The summed E-state index contributed by atoms with van der Waals surface area (Å²) >= 11 is 1.37. The van der Waals surface area contributed by atoms with Gasteiger partial charge in [-0.2, -0.15) is 0 Å². The van der Waals surface area contributed by atoms with Crippen molar-refractivity contribution < 1.29 is 13.2 Å². The third kappa shape index (κ3) is 7.35. The van der Waals surface area contributed by atoms with Gasteiger partial charge in [-0.05, 0) is 26.0 Å². The molecule has 118 valence electrons. The number of sulfonamides is 1. The zero-order chi connectivity index (χ0) is 15.9. The Morgan fingerprint density at radius 3 is 2.62 bits per heavy atom. The molecule has 0 aliphatic carbocycles. The van der Waals surface area contributed by atoms with Gasteiger partial charge in [0, 0.05) is 22.4 Å². The number of thioether (sulfide) groups is 1. The van der Waals surface area contributed by atoms with Crippen LogP contribution in [0.15, 0.2) is 29.2 Å². The maximum Gasteiger partial charge on any atom is 0.235 e. The number of amides is 1. The first-order chi connectivity index (χ1) is 9.80. The van der Waals surface area contributed by atoms with E-state index < -0.39 is 10.0 Å². The molecule has 0 aromatic heterocycles. The van der Waals surface area contributed by atoms with Crippen LogP contribution in [0.25, 0.3) is 0 Å². The fourth-order valence-corrected chi connectivity index (χ4v) is 3.83. The molecule has 1 aromatic carbocycles. The van der Waals surface area contributed by atoms with Gasteiger partial charge in [0.1, 0.15) is 0 Å². The Hall–Kier alpha value is -1.25. The van der Waals surface area contributed by atoms with Crippen LogP contribution >= 0.6 is 11.8 Å². The average Bonchev–Trinajstić information content (AvgIpc) is 2.38. The molecule has 21 heavy (non-hydrogen) atoms. The molecule has 1 aromatic rings. The number of rotatable bonds is 8. The lowest BCUT2D eigenvalue weighted by molar-refractivity contribution is -0.120. The first-order valence-corrected chi connectivity index (χ1v) is 9.18. The highest BCUT2D eigenvalue weighted by atomic mass is 32.2. The van der Waals surface area contributed by atoms with Crippen molar-refractivity contribution >= 4 is 33.4 Å². The summed E-state index contributed by atoms with van der Waals surface area (Å²) in [6, 6.07) is 7.27. The van der Waals surface area contributed by atoms with Gasteiger partial charge in [0.15, 0.2) is 0 Å². The number of hydrogen-bond donors (Lipinski definition) is 3. The van der Waals surface area contributed by atoms with E-state index in [4.69, 9.17) is 5.73 Å². The molecule has 0 aliphatic heterocycles. The van der Waals surface area contributed by atoms with Crippen LogP contribution in [0, 0.1) is 0 Å². The highest BCUT2D eigenvalue weighted by molar-refractivity contribution is 8.00. The number of para-hydroxylation sites is 1. The van der Waals surface area contributed by atoms with Crippen molar-refractivity contribution in [3.05, 3.63) is 24.3 Å². The maximum atomic E-state index is 11.8. The van der Waals surface area contributed by atoms with E-state index in [9.17, 15) is 13.2 Å². The first-order valence-electron chi connectivity index (χ1n) is 6.54. The van der Waals surface area contributed by atoms with E-state index in [0.717, 1.165) is 4.90 Å². The monoisotopic (exact) mass is 331 g/mol. The molecule has 0 saturated heterocycles. The molecule has 0 aliphatic rings. The number of nitrogens with two attached hydrogens (primary N) is 1. The molecule has 1 amide bonds. The van der Waals surface area contributed by atoms with Crippen LogP contribution in [0.2, 0.25) is 0 Å². The molecular weight excluding hydrogens is 310 g/mol. The van der Waals surface area contributed by atoms with Gasteiger partial charge < -0.3 is 11.1 Å². The van der Waals surface area contributed by atoms with E-state index >= 15 is 0 Å². The van der Waals surface area contributed by atoms with Gasteiger partial charge in [-0.1, -0.05) is 12.1 Å². The van der Waals surface area contributed by atoms with Gasteiger partial charge in [0.25, 0.3) is 0 Å². The second-order valence-corrected chi connectivity index (χ2v) is 7.81. The van der Waals surface area contributed by atoms with Crippen molar-refractivity contribution in [2.45, 2.75) is 24.8 Å². The van der Waals surface area contributed by atoms with Crippen molar-refractivity contribution in [2.75, 3.05) is 23.8 Å². The summed E-state index contributed by atoms with van der Waals surface area (Å²) in [5.74, 6) is -0.0374. The summed E-state index contributed by atoms with van der Waals surface area (Å²) in [4.78, 5) is 12.2. The minimum Gasteiger partial charge on any atom is -0.398 e. The van der Waals surface area contributed by atoms with Crippen LogP contribution in [0.4, 0.5) is 5.69 Å². The van der Waals surface area contributed by atoms with E-state index in [1.54, 1.807) is 6.07 Å². The summed E-state index contributed by atoms with van der Waals surface area (Å²) in [5, 5.41) is 2.62. The summed E-state index contributed by atoms with van der Waals surface area (Å²) in [6.45, 7) is 3.39. The molecule has 6 nitrogen and oxygen atoms in total. The number of benzene rings is 1. The molecule has 0 unspecified atom stereocenters. The van der Waals surface area contributed by atoms with Crippen LogP contribution in [-0.2, 0) is 14.8 Å². The smallest absolute Gasteiger partial charge is 0.235 e. The van der Waals surface area contributed by atoms with E-state index in [0.29, 0.717) is 11.4 Å². The fraction of sp³-hybridized carbons (Fsp3) is 0.462. The SMILES string of the molecule is CC(C)NC(=O)CNS(=O)(=O)CCSc1ccccc1N. The van der Waals surface area contributed by atoms with E-state index in [1.807, 2.05) is 32.0 Å². The van der Waals surface area contributed by atoms with Crippen molar-refractivity contribution in [3.63, 3.8) is 0 Å². The molecule has 1 rings (SSSR count). The normalized spacial score (nSPS) is 11.6. The van der Waals surface area contributed by atoms with Crippen molar-refractivity contribution in [2.24, 2.45) is 0 Å². The number of hydrogen-bond acceptors (Lipinski definition) is 5. The van der Waals surface area contributed by atoms with E-state index in [2.05, 4.69) is 10.0 Å². The second kappa shape index (κ2) is 8.26. The van der Waals surface area contributed by atoms with Crippen molar-refractivity contribution in [1.29, 1.82) is 0 Å². The maximum absolute atomic E-state index is 11.8. The molecule has 0 atom stereocenters. The van der Waals surface area contributed by atoms with Gasteiger partial charge in [-0.15, -0.1) is 11.8 Å². The van der Waals surface area contributed by atoms with Gasteiger partial charge >= 0.3 is 0 Å². The highest BCUT2D eigenvalue weighted by Crippen LogP contribution is 2.24. The zero-order valence-electron chi connectivity index (χ0n) is 12.1. The molecule has 8 heteroatoms. The standard InChI is InChI=1S/C13H21N3O3S2/c1-10(2)16-13(17)9-15-21(18,19)8-7-20-12-6-4-3-5-11(12)14/h3-6,10,15H,7-9,14H2,1-2H3,(H,16,17). The Morgan fingerprint density at radius 2 is 2.00 bits per heavy atom. The molecule has 0 spiro atoms.